The molecule has 10 aromatic carbocycles. The number of thiophene rings is 2. The van der Waals surface area contributed by atoms with E-state index in [2.05, 4.69) is 241 Å². The maximum atomic E-state index is 2.47. The molecular weight excluding hydrogens is 811 g/mol. The lowest BCUT2D eigenvalue weighted by Crippen LogP contribution is -2.28. The zero-order valence-electron chi connectivity index (χ0n) is 34.8. The van der Waals surface area contributed by atoms with Crippen LogP contribution in [0.2, 0.25) is 0 Å². The minimum atomic E-state index is -0.500. The Morgan fingerprint density at radius 3 is 1.30 bits per heavy atom. The second kappa shape index (κ2) is 14.8. The first kappa shape index (κ1) is 37.0. The van der Waals surface area contributed by atoms with Gasteiger partial charge in [0.05, 0.1) is 11.1 Å². The Kier molecular flexibility index (Phi) is 8.55. The molecule has 0 saturated heterocycles. The fourth-order valence-electron chi connectivity index (χ4n) is 10.5. The van der Waals surface area contributed by atoms with Crippen molar-refractivity contribution in [2.24, 2.45) is 0 Å². The van der Waals surface area contributed by atoms with Crippen LogP contribution in [-0.4, -0.2) is 0 Å². The van der Waals surface area contributed by atoms with Crippen LogP contribution in [0.4, 0.5) is 17.1 Å². The third-order valence-electron chi connectivity index (χ3n) is 13.4. The van der Waals surface area contributed by atoms with Crippen molar-refractivity contribution in [1.82, 2.24) is 0 Å². The molecule has 0 spiro atoms. The lowest BCUT2D eigenvalue weighted by molar-refractivity contribution is 0.768. The lowest BCUT2D eigenvalue weighted by atomic mass is 9.68. The summed E-state index contributed by atoms with van der Waals surface area (Å²) in [6.45, 7) is 0. The molecule has 1 nitrogen and oxygen atoms in total. The molecule has 300 valence electrons. The van der Waals surface area contributed by atoms with Crippen LogP contribution in [0.15, 0.2) is 237 Å². The molecule has 0 fully saturated rings. The lowest BCUT2D eigenvalue weighted by Gasteiger charge is -2.34. The summed E-state index contributed by atoms with van der Waals surface area (Å²) in [7, 11) is 0. The van der Waals surface area contributed by atoms with Crippen molar-refractivity contribution in [2.45, 2.75) is 5.41 Å². The second-order valence-corrected chi connectivity index (χ2v) is 18.9. The van der Waals surface area contributed by atoms with Crippen LogP contribution in [0.3, 0.4) is 0 Å². The van der Waals surface area contributed by atoms with E-state index in [0.717, 1.165) is 17.1 Å². The Hall–Kier alpha value is -7.56. The van der Waals surface area contributed by atoms with Gasteiger partial charge in [0, 0.05) is 57.3 Å². The molecule has 0 saturated carbocycles. The van der Waals surface area contributed by atoms with Crippen molar-refractivity contribution < 1.29 is 0 Å². The molecule has 0 bridgehead atoms. The summed E-state index contributed by atoms with van der Waals surface area (Å²) < 4.78 is 5.28. The van der Waals surface area contributed by atoms with Crippen LogP contribution in [0.25, 0.3) is 73.7 Å². The summed E-state index contributed by atoms with van der Waals surface area (Å²) in [5.41, 5.74) is 15.3. The molecule has 64 heavy (non-hydrogen) atoms. The van der Waals surface area contributed by atoms with Crippen molar-refractivity contribution in [3.05, 3.63) is 259 Å². The van der Waals surface area contributed by atoms with Crippen molar-refractivity contribution >= 4 is 80.1 Å². The van der Waals surface area contributed by atoms with Gasteiger partial charge in [0.1, 0.15) is 0 Å². The van der Waals surface area contributed by atoms with Gasteiger partial charge in [-0.3, -0.25) is 0 Å². The van der Waals surface area contributed by atoms with Gasteiger partial charge in [-0.25, -0.2) is 0 Å². The van der Waals surface area contributed by atoms with Gasteiger partial charge in [0.2, 0.25) is 0 Å². The third-order valence-corrected chi connectivity index (χ3v) is 15.6. The highest BCUT2D eigenvalue weighted by Crippen LogP contribution is 2.59. The molecular formula is C61H39NS2. The van der Waals surface area contributed by atoms with Gasteiger partial charge in [0.25, 0.3) is 0 Å². The molecule has 0 atom stereocenters. The Bertz CT molecular complexity index is 3520. The van der Waals surface area contributed by atoms with Gasteiger partial charge in [-0.15, -0.1) is 22.7 Å². The molecule has 1 aliphatic rings. The first-order chi connectivity index (χ1) is 31.7. The predicted molar refractivity (Wildman–Crippen MR) is 275 cm³/mol. The minimum absolute atomic E-state index is 0.500. The number of fused-ring (bicyclic) bond motifs is 9. The third kappa shape index (κ3) is 5.68. The van der Waals surface area contributed by atoms with E-state index < -0.39 is 5.41 Å². The van der Waals surface area contributed by atoms with Crippen LogP contribution in [0, 0.1) is 0 Å². The largest absolute Gasteiger partial charge is 0.310 e. The zero-order valence-corrected chi connectivity index (χ0v) is 36.4. The van der Waals surface area contributed by atoms with Gasteiger partial charge in [-0.2, -0.15) is 0 Å². The number of rotatable bonds is 7. The van der Waals surface area contributed by atoms with E-state index in [4.69, 9.17) is 0 Å². The van der Waals surface area contributed by atoms with Crippen LogP contribution in [0.1, 0.15) is 22.3 Å². The molecule has 0 radical (unpaired) electrons. The molecule has 1 aliphatic carbocycles. The number of hydrogen-bond acceptors (Lipinski definition) is 3. The average molecular weight is 850 g/mol. The van der Waals surface area contributed by atoms with Crippen LogP contribution < -0.4 is 4.90 Å². The molecule has 12 aromatic rings. The summed E-state index contributed by atoms with van der Waals surface area (Å²) >= 11 is 3.74. The molecule has 2 aromatic heterocycles. The average Bonchev–Trinajstić information content (AvgIpc) is 4.03. The van der Waals surface area contributed by atoms with E-state index in [1.54, 1.807) is 0 Å². The number of nitrogens with zero attached hydrogens (tertiary/aromatic N) is 1. The van der Waals surface area contributed by atoms with E-state index >= 15 is 0 Å². The fourth-order valence-corrected chi connectivity index (χ4v) is 12.8. The Morgan fingerprint density at radius 1 is 0.312 bits per heavy atom. The molecule has 0 unspecified atom stereocenters. The smallest absolute Gasteiger partial charge is 0.0714 e. The van der Waals surface area contributed by atoms with Gasteiger partial charge in [-0.05, 0) is 105 Å². The van der Waals surface area contributed by atoms with Crippen molar-refractivity contribution in [2.75, 3.05) is 4.90 Å². The summed E-state index contributed by atoms with van der Waals surface area (Å²) in [5.74, 6) is 0. The second-order valence-electron chi connectivity index (χ2n) is 16.8. The standard InChI is InChI=1S/C61H39NS2/c1-3-14-44(15-4-1)61(45-16-5-2-6-17-45)53-21-10-7-20-52(53)60-54(61)22-13-23-55(60)62(46-32-26-40(27-33-46)42-30-36-50-48-18-8-11-24-56(48)63-58(50)38-42)47-34-28-41(29-35-47)43-31-37-51-49-19-9-12-25-57(49)64-59(51)39-43/h1-39H. The van der Waals surface area contributed by atoms with E-state index in [-0.39, 0.29) is 0 Å². The van der Waals surface area contributed by atoms with Crippen LogP contribution in [0.5, 0.6) is 0 Å². The van der Waals surface area contributed by atoms with Crippen LogP contribution in [-0.2, 0) is 5.41 Å². The summed E-state index contributed by atoms with van der Waals surface area (Å²) in [6, 6.07) is 87.8. The topological polar surface area (TPSA) is 3.24 Å². The highest BCUT2D eigenvalue weighted by Gasteiger charge is 2.47. The summed E-state index contributed by atoms with van der Waals surface area (Å²) in [6.07, 6.45) is 0. The molecule has 2 heterocycles. The number of anilines is 3. The molecule has 0 aliphatic heterocycles. The maximum absolute atomic E-state index is 2.47. The Balaban J connectivity index is 0.985. The fraction of sp³-hybridized carbons (Fsp3) is 0.0164. The highest BCUT2D eigenvalue weighted by molar-refractivity contribution is 7.26. The van der Waals surface area contributed by atoms with E-state index in [1.165, 1.54) is 96.0 Å². The normalized spacial score (nSPS) is 12.8. The van der Waals surface area contributed by atoms with Gasteiger partial charge in [0.15, 0.2) is 0 Å². The first-order valence-electron chi connectivity index (χ1n) is 21.9. The first-order valence-corrected chi connectivity index (χ1v) is 23.5. The monoisotopic (exact) mass is 849 g/mol. The zero-order chi connectivity index (χ0) is 42.2. The van der Waals surface area contributed by atoms with E-state index in [9.17, 15) is 0 Å². The molecule has 0 amide bonds. The number of hydrogen-bond donors (Lipinski definition) is 0. The SMILES string of the molecule is c1ccc(C2(c3ccccc3)c3ccccc3-c3c(N(c4ccc(-c5ccc6c(c5)sc5ccccc56)cc4)c4ccc(-c5ccc6c(c5)sc5ccccc56)cc4)cccc32)cc1. The van der Waals surface area contributed by atoms with Crippen LogP contribution >= 0.6 is 22.7 Å². The molecule has 0 N–H and O–H groups in total. The number of benzene rings is 10. The minimum Gasteiger partial charge on any atom is -0.310 e. The van der Waals surface area contributed by atoms with Gasteiger partial charge < -0.3 is 4.90 Å². The Morgan fingerprint density at radius 2 is 0.750 bits per heavy atom. The highest BCUT2D eigenvalue weighted by atomic mass is 32.1. The van der Waals surface area contributed by atoms with E-state index in [0.29, 0.717) is 0 Å². The van der Waals surface area contributed by atoms with Crippen molar-refractivity contribution in [1.29, 1.82) is 0 Å². The van der Waals surface area contributed by atoms with Gasteiger partial charge in [-0.1, -0.05) is 182 Å². The Labute approximate surface area is 380 Å². The quantitative estimate of drug-likeness (QED) is 0.154. The van der Waals surface area contributed by atoms with Crippen molar-refractivity contribution in [3.8, 4) is 33.4 Å². The van der Waals surface area contributed by atoms with Gasteiger partial charge >= 0.3 is 0 Å². The molecule has 13 rings (SSSR count). The van der Waals surface area contributed by atoms with E-state index in [1.807, 2.05) is 22.7 Å². The maximum Gasteiger partial charge on any atom is 0.0714 e. The molecule has 3 heteroatoms. The predicted octanol–water partition coefficient (Wildman–Crippen LogP) is 17.6. The van der Waals surface area contributed by atoms with Crippen molar-refractivity contribution in [3.63, 3.8) is 0 Å². The summed E-state index contributed by atoms with van der Waals surface area (Å²) in [5, 5.41) is 5.29. The summed E-state index contributed by atoms with van der Waals surface area (Å²) in [4.78, 5) is 2.47.